The predicted octanol–water partition coefficient (Wildman–Crippen LogP) is 3.98. The zero-order valence-corrected chi connectivity index (χ0v) is 15.0. The number of halogens is 1. The van der Waals surface area contributed by atoms with E-state index in [4.69, 9.17) is 11.6 Å². The molecule has 1 unspecified atom stereocenters. The Bertz CT molecular complexity index is 686. The molecule has 1 atom stereocenters. The molecule has 2 aromatic carbocycles. The van der Waals surface area contributed by atoms with E-state index in [1.165, 1.54) is 12.8 Å². The minimum atomic E-state index is -0.153. The molecule has 4 nitrogen and oxygen atoms in total. The van der Waals surface area contributed by atoms with Gasteiger partial charge in [-0.15, -0.1) is 0 Å². The van der Waals surface area contributed by atoms with Crippen molar-refractivity contribution in [3.05, 3.63) is 70.7 Å². The molecule has 1 aliphatic heterocycles. The van der Waals surface area contributed by atoms with Gasteiger partial charge in [-0.2, -0.15) is 0 Å². The van der Waals surface area contributed by atoms with Gasteiger partial charge in [0.05, 0.1) is 6.04 Å². The number of urea groups is 1. The Morgan fingerprint density at radius 1 is 1.00 bits per heavy atom. The van der Waals surface area contributed by atoms with Crippen LogP contribution in [0.1, 0.15) is 30.0 Å². The van der Waals surface area contributed by atoms with E-state index in [1.54, 1.807) is 0 Å². The second-order valence-corrected chi connectivity index (χ2v) is 6.74. The van der Waals surface area contributed by atoms with Crippen LogP contribution in [0.3, 0.4) is 0 Å². The third kappa shape index (κ3) is 4.97. The van der Waals surface area contributed by atoms with Crippen LogP contribution in [-0.4, -0.2) is 30.6 Å². The smallest absolute Gasteiger partial charge is 0.315 e. The van der Waals surface area contributed by atoms with Crippen LogP contribution in [0.25, 0.3) is 0 Å². The van der Waals surface area contributed by atoms with E-state index < -0.39 is 0 Å². The number of nitrogens with one attached hydrogen (secondary N) is 2. The van der Waals surface area contributed by atoms with E-state index in [-0.39, 0.29) is 12.1 Å². The monoisotopic (exact) mass is 357 g/mol. The highest BCUT2D eigenvalue weighted by Crippen LogP contribution is 2.29. The summed E-state index contributed by atoms with van der Waals surface area (Å²) in [6.45, 7) is 3.16. The topological polar surface area (TPSA) is 44.4 Å². The number of rotatable bonds is 6. The SMILES string of the molecule is O=C(NCc1ccccc1)NCC(c1ccccc1Cl)N1CCCC1. The van der Waals surface area contributed by atoms with Gasteiger partial charge in [-0.1, -0.05) is 60.1 Å². The van der Waals surface area contributed by atoms with Crippen LogP contribution < -0.4 is 10.6 Å². The van der Waals surface area contributed by atoms with Gasteiger partial charge in [-0.3, -0.25) is 4.90 Å². The molecule has 5 heteroatoms. The maximum absolute atomic E-state index is 12.2. The van der Waals surface area contributed by atoms with Crippen LogP contribution in [-0.2, 0) is 6.54 Å². The van der Waals surface area contributed by atoms with E-state index in [9.17, 15) is 4.79 Å². The molecule has 1 aliphatic rings. The Kier molecular flexibility index (Phi) is 6.31. The second kappa shape index (κ2) is 8.88. The summed E-state index contributed by atoms with van der Waals surface area (Å²) in [5.41, 5.74) is 2.16. The molecule has 2 N–H and O–H groups in total. The highest BCUT2D eigenvalue weighted by Gasteiger charge is 2.25. The Morgan fingerprint density at radius 2 is 1.68 bits per heavy atom. The van der Waals surface area contributed by atoms with Gasteiger partial charge in [0.2, 0.25) is 0 Å². The summed E-state index contributed by atoms with van der Waals surface area (Å²) >= 11 is 6.40. The maximum atomic E-state index is 12.2. The molecule has 0 bridgehead atoms. The zero-order chi connectivity index (χ0) is 17.5. The van der Waals surface area contributed by atoms with Gasteiger partial charge >= 0.3 is 6.03 Å². The average molecular weight is 358 g/mol. The van der Waals surface area contributed by atoms with E-state index in [0.29, 0.717) is 13.1 Å². The van der Waals surface area contributed by atoms with Gasteiger partial charge in [0.1, 0.15) is 0 Å². The molecule has 0 spiro atoms. The van der Waals surface area contributed by atoms with Gasteiger partial charge in [-0.05, 0) is 43.1 Å². The fraction of sp³-hybridized carbons (Fsp3) is 0.350. The van der Waals surface area contributed by atoms with Gasteiger partial charge in [0, 0.05) is 18.1 Å². The van der Waals surface area contributed by atoms with Crippen molar-refractivity contribution in [2.45, 2.75) is 25.4 Å². The van der Waals surface area contributed by atoms with Crippen LogP contribution in [0, 0.1) is 0 Å². The van der Waals surface area contributed by atoms with Crippen molar-refractivity contribution in [3.63, 3.8) is 0 Å². The van der Waals surface area contributed by atoms with Crippen molar-refractivity contribution < 1.29 is 4.79 Å². The fourth-order valence-corrected chi connectivity index (χ4v) is 3.53. The standard InChI is InChI=1S/C20H24ClN3O/c21-18-11-5-4-10-17(18)19(24-12-6-7-13-24)15-23-20(25)22-14-16-8-2-1-3-9-16/h1-5,8-11,19H,6-7,12-15H2,(H2,22,23,25). The number of carbonyl (C=O) groups excluding carboxylic acids is 1. The molecule has 0 saturated carbocycles. The second-order valence-electron chi connectivity index (χ2n) is 6.33. The van der Waals surface area contributed by atoms with Crippen LogP contribution in [0.15, 0.2) is 54.6 Å². The van der Waals surface area contributed by atoms with E-state index in [2.05, 4.69) is 21.6 Å². The Balaban J connectivity index is 1.59. The number of likely N-dealkylation sites (tertiary alicyclic amines) is 1. The number of nitrogens with zero attached hydrogens (tertiary/aromatic N) is 1. The van der Waals surface area contributed by atoms with Gasteiger partial charge in [0.15, 0.2) is 0 Å². The lowest BCUT2D eigenvalue weighted by Crippen LogP contribution is -2.41. The summed E-state index contributed by atoms with van der Waals surface area (Å²) in [5, 5.41) is 6.67. The molecule has 1 saturated heterocycles. The predicted molar refractivity (Wildman–Crippen MR) is 102 cm³/mol. The summed E-state index contributed by atoms with van der Waals surface area (Å²) in [4.78, 5) is 14.6. The first-order valence-electron chi connectivity index (χ1n) is 8.78. The average Bonchev–Trinajstić information content (AvgIpc) is 3.17. The Labute approximate surface area is 154 Å². The van der Waals surface area contributed by atoms with Crippen molar-refractivity contribution in [1.82, 2.24) is 15.5 Å². The van der Waals surface area contributed by atoms with Crippen molar-refractivity contribution in [1.29, 1.82) is 0 Å². The molecule has 2 amide bonds. The lowest BCUT2D eigenvalue weighted by Gasteiger charge is -2.29. The number of benzene rings is 2. The number of amides is 2. The first-order chi connectivity index (χ1) is 12.2. The summed E-state index contributed by atoms with van der Waals surface area (Å²) in [6.07, 6.45) is 2.39. The first kappa shape index (κ1) is 17.8. The quantitative estimate of drug-likeness (QED) is 0.821. The lowest BCUT2D eigenvalue weighted by atomic mass is 10.1. The number of hydrogen-bond acceptors (Lipinski definition) is 2. The molecule has 2 aromatic rings. The maximum Gasteiger partial charge on any atom is 0.315 e. The number of hydrogen-bond donors (Lipinski definition) is 2. The van der Waals surface area contributed by atoms with Crippen molar-refractivity contribution >= 4 is 17.6 Å². The third-order valence-corrected chi connectivity index (χ3v) is 4.94. The summed E-state index contributed by atoms with van der Waals surface area (Å²) in [7, 11) is 0. The van der Waals surface area contributed by atoms with Crippen molar-refractivity contribution in [2.75, 3.05) is 19.6 Å². The van der Waals surface area contributed by atoms with Crippen molar-refractivity contribution in [2.24, 2.45) is 0 Å². The first-order valence-corrected chi connectivity index (χ1v) is 9.16. The molecule has 0 radical (unpaired) electrons. The minimum absolute atomic E-state index is 0.110. The van der Waals surface area contributed by atoms with E-state index in [0.717, 1.165) is 29.2 Å². The summed E-state index contributed by atoms with van der Waals surface area (Å²) in [5.74, 6) is 0. The lowest BCUT2D eigenvalue weighted by molar-refractivity contribution is 0.220. The molecule has 132 valence electrons. The highest BCUT2D eigenvalue weighted by molar-refractivity contribution is 6.31. The van der Waals surface area contributed by atoms with Crippen molar-refractivity contribution in [3.8, 4) is 0 Å². The molecular weight excluding hydrogens is 334 g/mol. The highest BCUT2D eigenvalue weighted by atomic mass is 35.5. The summed E-state index contributed by atoms with van der Waals surface area (Å²) < 4.78 is 0. The molecule has 25 heavy (non-hydrogen) atoms. The fourth-order valence-electron chi connectivity index (χ4n) is 3.26. The van der Waals surface area contributed by atoms with Crippen LogP contribution in [0.2, 0.25) is 5.02 Å². The largest absolute Gasteiger partial charge is 0.336 e. The van der Waals surface area contributed by atoms with Crippen LogP contribution in [0.5, 0.6) is 0 Å². The summed E-state index contributed by atoms with van der Waals surface area (Å²) in [6, 6.07) is 17.8. The Hall–Kier alpha value is -2.04. The number of carbonyl (C=O) groups is 1. The molecular formula is C20H24ClN3O. The van der Waals surface area contributed by atoms with Crippen LogP contribution in [0.4, 0.5) is 4.79 Å². The van der Waals surface area contributed by atoms with Gasteiger partial charge < -0.3 is 10.6 Å². The zero-order valence-electron chi connectivity index (χ0n) is 14.2. The van der Waals surface area contributed by atoms with Crippen LogP contribution >= 0.6 is 11.6 Å². The van der Waals surface area contributed by atoms with E-state index >= 15 is 0 Å². The third-order valence-electron chi connectivity index (χ3n) is 4.60. The minimum Gasteiger partial charge on any atom is -0.336 e. The van der Waals surface area contributed by atoms with E-state index in [1.807, 2.05) is 48.5 Å². The molecule has 1 fully saturated rings. The van der Waals surface area contributed by atoms with Gasteiger partial charge in [-0.25, -0.2) is 4.79 Å². The molecule has 0 aromatic heterocycles. The molecule has 1 heterocycles. The van der Waals surface area contributed by atoms with Gasteiger partial charge in [0.25, 0.3) is 0 Å². The molecule has 0 aliphatic carbocycles. The Morgan fingerprint density at radius 3 is 2.40 bits per heavy atom. The normalized spacial score (nSPS) is 15.7. The molecule has 3 rings (SSSR count).